The Labute approximate surface area is 130 Å². The van der Waals surface area contributed by atoms with E-state index in [2.05, 4.69) is 31.4 Å². The van der Waals surface area contributed by atoms with Gasteiger partial charge in [0.05, 0.1) is 21.7 Å². The van der Waals surface area contributed by atoms with Gasteiger partial charge in [-0.3, -0.25) is 14.2 Å². The molecule has 0 aliphatic rings. The molecule has 2 aromatic rings. The summed E-state index contributed by atoms with van der Waals surface area (Å²) in [4.78, 5) is 11.8. The lowest BCUT2D eigenvalue weighted by atomic mass is 10.4. The fraction of sp³-hybridized carbons (Fsp3) is 0.417. The number of nitrogens with one attached hydrogen (secondary N) is 1. The minimum atomic E-state index is -0.137. The Morgan fingerprint density at radius 2 is 2.15 bits per heavy atom. The molecule has 0 spiro atoms. The molecular formula is C12H15BrClN5O. The molecule has 0 radical (unpaired) electrons. The van der Waals surface area contributed by atoms with Crippen LogP contribution in [0, 0.1) is 6.92 Å². The molecule has 0 fully saturated rings. The van der Waals surface area contributed by atoms with Gasteiger partial charge in [0.1, 0.15) is 12.2 Å². The molecule has 108 valence electrons. The Balaban J connectivity index is 1.90. The van der Waals surface area contributed by atoms with E-state index in [0.29, 0.717) is 17.3 Å². The van der Waals surface area contributed by atoms with Crippen LogP contribution in [0.1, 0.15) is 18.3 Å². The van der Waals surface area contributed by atoms with Crippen molar-refractivity contribution in [2.24, 2.45) is 0 Å². The van der Waals surface area contributed by atoms with Crippen LogP contribution >= 0.6 is 27.5 Å². The summed E-state index contributed by atoms with van der Waals surface area (Å²) < 4.78 is 4.20. The standard InChI is InChI=1S/C12H15BrClN5O/c1-3-18-6-10(14)11(17-18)4-15-12(20)7-19-5-9(13)8(2)16-19/h5-6H,3-4,7H2,1-2H3,(H,15,20). The molecule has 8 heteroatoms. The lowest BCUT2D eigenvalue weighted by Gasteiger charge is -2.04. The first kappa shape index (κ1) is 15.1. The van der Waals surface area contributed by atoms with Crippen molar-refractivity contribution in [1.29, 1.82) is 0 Å². The van der Waals surface area contributed by atoms with Gasteiger partial charge in [-0.2, -0.15) is 10.2 Å². The van der Waals surface area contributed by atoms with Gasteiger partial charge >= 0.3 is 0 Å². The second-order valence-electron chi connectivity index (χ2n) is 4.32. The third-order valence-electron chi connectivity index (χ3n) is 2.76. The van der Waals surface area contributed by atoms with Crippen molar-refractivity contribution in [2.75, 3.05) is 0 Å². The molecule has 0 aromatic carbocycles. The maximum absolute atomic E-state index is 11.8. The van der Waals surface area contributed by atoms with Gasteiger partial charge in [0.2, 0.25) is 5.91 Å². The summed E-state index contributed by atoms with van der Waals surface area (Å²) in [5, 5.41) is 11.8. The Morgan fingerprint density at radius 1 is 1.40 bits per heavy atom. The molecule has 1 N–H and O–H groups in total. The third kappa shape index (κ3) is 3.61. The summed E-state index contributed by atoms with van der Waals surface area (Å²) in [6.07, 6.45) is 3.52. The molecule has 1 amide bonds. The number of carbonyl (C=O) groups excluding carboxylic acids is 1. The van der Waals surface area contributed by atoms with Crippen LogP contribution in [0.3, 0.4) is 0 Å². The number of amides is 1. The zero-order valence-corrected chi connectivity index (χ0v) is 13.6. The highest BCUT2D eigenvalue weighted by Gasteiger charge is 2.10. The van der Waals surface area contributed by atoms with Gasteiger partial charge in [0.15, 0.2) is 0 Å². The van der Waals surface area contributed by atoms with Crippen LogP contribution in [0.5, 0.6) is 0 Å². The molecule has 20 heavy (non-hydrogen) atoms. The smallest absolute Gasteiger partial charge is 0.242 e. The Hall–Kier alpha value is -1.34. The normalized spacial score (nSPS) is 10.8. The van der Waals surface area contributed by atoms with E-state index in [1.54, 1.807) is 21.8 Å². The van der Waals surface area contributed by atoms with Crippen LogP contribution in [0.2, 0.25) is 5.02 Å². The highest BCUT2D eigenvalue weighted by molar-refractivity contribution is 9.10. The number of halogens is 2. The van der Waals surface area contributed by atoms with Crippen molar-refractivity contribution in [2.45, 2.75) is 33.5 Å². The molecule has 2 rings (SSSR count). The molecule has 0 unspecified atom stereocenters. The molecule has 0 aliphatic heterocycles. The summed E-state index contributed by atoms with van der Waals surface area (Å²) in [5.41, 5.74) is 1.52. The van der Waals surface area contributed by atoms with Crippen molar-refractivity contribution in [3.63, 3.8) is 0 Å². The van der Waals surface area contributed by atoms with Gasteiger partial charge in [-0.15, -0.1) is 0 Å². The van der Waals surface area contributed by atoms with E-state index in [0.717, 1.165) is 16.7 Å². The summed E-state index contributed by atoms with van der Waals surface area (Å²) in [6, 6.07) is 0. The number of hydrogen-bond donors (Lipinski definition) is 1. The minimum Gasteiger partial charge on any atom is -0.349 e. The van der Waals surface area contributed by atoms with Crippen LogP contribution in [0.4, 0.5) is 0 Å². The van der Waals surface area contributed by atoms with E-state index in [4.69, 9.17) is 11.6 Å². The average Bonchev–Trinajstić information content (AvgIpc) is 2.90. The Morgan fingerprint density at radius 3 is 2.70 bits per heavy atom. The van der Waals surface area contributed by atoms with Crippen LogP contribution in [0.25, 0.3) is 0 Å². The van der Waals surface area contributed by atoms with Crippen molar-refractivity contribution >= 4 is 33.4 Å². The van der Waals surface area contributed by atoms with E-state index in [9.17, 15) is 4.79 Å². The highest BCUT2D eigenvalue weighted by atomic mass is 79.9. The Bertz CT molecular complexity index is 602. The van der Waals surface area contributed by atoms with E-state index in [-0.39, 0.29) is 12.5 Å². The zero-order chi connectivity index (χ0) is 14.7. The lowest BCUT2D eigenvalue weighted by molar-refractivity contribution is -0.122. The second-order valence-corrected chi connectivity index (χ2v) is 5.58. The third-order valence-corrected chi connectivity index (χ3v) is 3.85. The van der Waals surface area contributed by atoms with Gasteiger partial charge in [-0.05, 0) is 29.8 Å². The minimum absolute atomic E-state index is 0.137. The van der Waals surface area contributed by atoms with Crippen LogP contribution < -0.4 is 5.32 Å². The first-order chi connectivity index (χ1) is 9.49. The molecule has 0 saturated heterocycles. The van der Waals surface area contributed by atoms with Crippen molar-refractivity contribution < 1.29 is 4.79 Å². The zero-order valence-electron chi connectivity index (χ0n) is 11.2. The fourth-order valence-corrected chi connectivity index (χ4v) is 2.21. The topological polar surface area (TPSA) is 64.7 Å². The molecule has 6 nitrogen and oxygen atoms in total. The maximum Gasteiger partial charge on any atom is 0.242 e. The van der Waals surface area contributed by atoms with Crippen molar-refractivity contribution in [3.05, 3.63) is 33.3 Å². The van der Waals surface area contributed by atoms with Crippen LogP contribution in [-0.2, 0) is 24.4 Å². The van der Waals surface area contributed by atoms with E-state index in [1.165, 1.54) is 0 Å². The van der Waals surface area contributed by atoms with E-state index < -0.39 is 0 Å². The molecule has 0 atom stereocenters. The number of carbonyl (C=O) groups is 1. The SMILES string of the molecule is CCn1cc(Cl)c(CNC(=O)Cn2cc(Br)c(C)n2)n1. The monoisotopic (exact) mass is 359 g/mol. The first-order valence-electron chi connectivity index (χ1n) is 6.17. The summed E-state index contributed by atoms with van der Waals surface area (Å²) >= 11 is 9.39. The number of aromatic nitrogens is 4. The number of hydrogen-bond acceptors (Lipinski definition) is 3. The quantitative estimate of drug-likeness (QED) is 0.888. The Kier molecular flexibility index (Phi) is 4.82. The van der Waals surface area contributed by atoms with E-state index >= 15 is 0 Å². The number of rotatable bonds is 5. The van der Waals surface area contributed by atoms with Crippen molar-refractivity contribution in [3.8, 4) is 0 Å². The number of aryl methyl sites for hydroxylation is 2. The fourth-order valence-electron chi connectivity index (χ4n) is 1.68. The molecule has 2 aromatic heterocycles. The summed E-state index contributed by atoms with van der Waals surface area (Å²) in [6.45, 7) is 5.07. The molecule has 2 heterocycles. The number of nitrogens with zero attached hydrogens (tertiary/aromatic N) is 4. The van der Waals surface area contributed by atoms with Gasteiger partial charge in [0.25, 0.3) is 0 Å². The van der Waals surface area contributed by atoms with Crippen molar-refractivity contribution in [1.82, 2.24) is 24.9 Å². The predicted molar refractivity (Wildman–Crippen MR) is 79.4 cm³/mol. The molecule has 0 saturated carbocycles. The maximum atomic E-state index is 11.8. The first-order valence-corrected chi connectivity index (χ1v) is 7.34. The lowest BCUT2D eigenvalue weighted by Crippen LogP contribution is -2.27. The van der Waals surface area contributed by atoms with Gasteiger partial charge in [-0.25, -0.2) is 0 Å². The average molecular weight is 361 g/mol. The molecule has 0 bridgehead atoms. The summed E-state index contributed by atoms with van der Waals surface area (Å²) in [5.74, 6) is -0.137. The summed E-state index contributed by atoms with van der Waals surface area (Å²) in [7, 11) is 0. The molecular weight excluding hydrogens is 346 g/mol. The van der Waals surface area contributed by atoms with Crippen LogP contribution in [-0.4, -0.2) is 25.5 Å². The second kappa shape index (κ2) is 6.41. The predicted octanol–water partition coefficient (Wildman–Crippen LogP) is 2.14. The molecule has 0 aliphatic carbocycles. The van der Waals surface area contributed by atoms with Gasteiger partial charge in [-0.1, -0.05) is 11.6 Å². The van der Waals surface area contributed by atoms with Crippen LogP contribution in [0.15, 0.2) is 16.9 Å². The van der Waals surface area contributed by atoms with Gasteiger partial charge < -0.3 is 5.32 Å². The highest BCUT2D eigenvalue weighted by Crippen LogP contribution is 2.14. The van der Waals surface area contributed by atoms with Gasteiger partial charge in [0, 0.05) is 18.9 Å². The largest absolute Gasteiger partial charge is 0.349 e. The van der Waals surface area contributed by atoms with E-state index in [1.807, 2.05) is 13.8 Å².